The predicted octanol–water partition coefficient (Wildman–Crippen LogP) is 4.49. The summed E-state index contributed by atoms with van der Waals surface area (Å²) in [6.45, 7) is 9.33. The fraction of sp³-hybridized carbons (Fsp3) is 0.429. The van der Waals surface area contributed by atoms with Gasteiger partial charge in [0.1, 0.15) is 6.04 Å². The lowest BCUT2D eigenvalue weighted by atomic mass is 9.96. The number of benzene rings is 2. The van der Waals surface area contributed by atoms with Gasteiger partial charge in [-0.2, -0.15) is 0 Å². The first-order valence-electron chi connectivity index (χ1n) is 15.6. The molecule has 0 radical (unpaired) electrons. The molecule has 2 N–H and O–H groups in total. The maximum atomic E-state index is 13.8. The second-order valence-corrected chi connectivity index (χ2v) is 13.9. The quantitative estimate of drug-likeness (QED) is 0.221. The van der Waals surface area contributed by atoms with Gasteiger partial charge in [-0.3, -0.25) is 19.1 Å². The van der Waals surface area contributed by atoms with E-state index < -0.39 is 47.3 Å². The number of ether oxygens (including phenoxy) is 2. The highest BCUT2D eigenvalue weighted by Gasteiger charge is 2.27. The van der Waals surface area contributed by atoms with Crippen LogP contribution < -0.4 is 16.6 Å². The molecule has 258 valence electrons. The van der Waals surface area contributed by atoms with Crippen LogP contribution in [0.2, 0.25) is 10.0 Å². The minimum absolute atomic E-state index is 0.0411. The Morgan fingerprint density at radius 3 is 2.25 bits per heavy atom. The van der Waals surface area contributed by atoms with Gasteiger partial charge in [-0.05, 0) is 90.4 Å². The number of carbonyl (C=O) groups excluding carboxylic acids is 2. The van der Waals surface area contributed by atoms with Crippen LogP contribution in [0, 0.1) is 0 Å². The Hall–Kier alpha value is -3.74. The van der Waals surface area contributed by atoms with Gasteiger partial charge in [0.05, 0.1) is 38.6 Å². The third-order valence-corrected chi connectivity index (χ3v) is 8.34. The predicted molar refractivity (Wildman–Crippen MR) is 186 cm³/mol. The smallest absolute Gasteiger partial charge is 0.335 e. The average Bonchev–Trinajstić information content (AvgIpc) is 2.99. The molecular weight excluding hydrogens is 659 g/mol. The lowest BCUT2D eigenvalue weighted by molar-refractivity contribution is -0.230. The number of likely N-dealkylation sites (N-methyl/N-ethyl adjacent to an activating group) is 1. The monoisotopic (exact) mass is 700 g/mol. The van der Waals surface area contributed by atoms with Gasteiger partial charge in [0.2, 0.25) is 6.41 Å². The van der Waals surface area contributed by atoms with E-state index in [1.54, 1.807) is 69.3 Å². The molecule has 2 atom stereocenters. The largest absolute Gasteiger partial charge is 0.461 e. The van der Waals surface area contributed by atoms with E-state index in [4.69, 9.17) is 32.7 Å². The molecule has 1 aromatic heterocycles. The molecule has 0 spiro atoms. The molecule has 2 aromatic carbocycles. The van der Waals surface area contributed by atoms with Crippen molar-refractivity contribution in [2.24, 2.45) is 7.05 Å². The van der Waals surface area contributed by atoms with E-state index in [2.05, 4.69) is 5.32 Å². The van der Waals surface area contributed by atoms with Crippen LogP contribution in [0.1, 0.15) is 68.2 Å². The first-order valence-corrected chi connectivity index (χ1v) is 16.4. The van der Waals surface area contributed by atoms with E-state index in [1.807, 2.05) is 20.8 Å². The van der Waals surface area contributed by atoms with Gasteiger partial charge in [-0.1, -0.05) is 47.0 Å². The fourth-order valence-corrected chi connectivity index (χ4v) is 5.98. The van der Waals surface area contributed by atoms with Crippen molar-refractivity contribution >= 4 is 41.2 Å². The number of esters is 1. The van der Waals surface area contributed by atoms with Crippen LogP contribution in [0.5, 0.6) is 0 Å². The Kier molecular flexibility index (Phi) is 11.8. The number of aromatic nitrogens is 2. The summed E-state index contributed by atoms with van der Waals surface area (Å²) in [5.74, 6) is -1.28. The highest BCUT2D eigenvalue weighted by Crippen LogP contribution is 2.25. The summed E-state index contributed by atoms with van der Waals surface area (Å²) in [5, 5.41) is 13.4. The van der Waals surface area contributed by atoms with Crippen molar-refractivity contribution in [3.63, 3.8) is 0 Å². The Bertz CT molecular complexity index is 1800. The van der Waals surface area contributed by atoms with Crippen LogP contribution in [0.4, 0.5) is 0 Å². The van der Waals surface area contributed by atoms with Gasteiger partial charge in [0.15, 0.2) is 0 Å². The Morgan fingerprint density at radius 2 is 1.67 bits per heavy atom. The van der Waals surface area contributed by atoms with Gasteiger partial charge in [0, 0.05) is 25.7 Å². The molecule has 1 heterocycles. The van der Waals surface area contributed by atoms with E-state index in [9.17, 15) is 24.3 Å². The van der Waals surface area contributed by atoms with Crippen LogP contribution in [-0.4, -0.2) is 68.8 Å². The van der Waals surface area contributed by atoms with E-state index in [0.717, 1.165) is 10.1 Å². The molecule has 11 nitrogen and oxygen atoms in total. The third kappa shape index (κ3) is 8.83. The number of amides is 1. The van der Waals surface area contributed by atoms with Gasteiger partial charge in [-0.15, -0.1) is 0 Å². The minimum Gasteiger partial charge on any atom is -0.461 e. The normalized spacial score (nSPS) is 14.4. The number of halogens is 2. The van der Waals surface area contributed by atoms with Crippen LogP contribution >= 0.6 is 23.2 Å². The second-order valence-electron chi connectivity index (χ2n) is 13.1. The number of fused-ring (bicyclic) bond motifs is 1. The van der Waals surface area contributed by atoms with Crippen molar-refractivity contribution in [2.45, 2.75) is 78.0 Å². The van der Waals surface area contributed by atoms with E-state index >= 15 is 0 Å². The number of aliphatic hydroxyl groups is 1. The lowest BCUT2D eigenvalue weighted by Crippen LogP contribution is -2.44. The summed E-state index contributed by atoms with van der Waals surface area (Å²) >= 11 is 12.4. The van der Waals surface area contributed by atoms with Crippen molar-refractivity contribution in [3.8, 4) is 5.69 Å². The SMILES string of the molecule is CC(C)OC(=O)[C@H](Cc1ccc(-n2c(=O)c3c(n(C)c2=O)CCC(CN(C)C(O)OC(C)(C)C)=C3)cc1)NC(=O)c1c(Cl)cccc1Cl. The summed E-state index contributed by atoms with van der Waals surface area (Å²) < 4.78 is 13.6. The zero-order chi connectivity index (χ0) is 35.5. The summed E-state index contributed by atoms with van der Waals surface area (Å²) in [4.78, 5) is 55.0. The number of hydrogen-bond acceptors (Lipinski definition) is 8. The average molecular weight is 702 g/mol. The lowest BCUT2D eigenvalue weighted by Gasteiger charge is -2.31. The molecule has 1 aliphatic carbocycles. The molecule has 0 aliphatic heterocycles. The number of nitrogens with zero attached hydrogens (tertiary/aromatic N) is 3. The molecule has 0 saturated carbocycles. The summed E-state index contributed by atoms with van der Waals surface area (Å²) in [7, 11) is 3.37. The number of rotatable bonds is 11. The number of hydrogen-bond donors (Lipinski definition) is 2. The molecular formula is C35H42Cl2N4O7. The molecule has 1 unspecified atom stereocenters. The third-order valence-electron chi connectivity index (χ3n) is 7.71. The molecule has 0 fully saturated rings. The van der Waals surface area contributed by atoms with Crippen LogP contribution in [0.25, 0.3) is 11.8 Å². The van der Waals surface area contributed by atoms with Crippen molar-refractivity contribution in [2.75, 3.05) is 13.6 Å². The standard InChI is InChI=1S/C35H42Cl2N4O7/c1-20(2)47-32(44)27(38-30(42)29-25(36)9-8-10-26(29)37)18-21-11-14-23(15-12-21)41-31(43)24-17-22(13-16-28(24)40(7)33(41)45)19-39(6)34(46)48-35(3,4)5/h8-12,14-15,17,20,27,34,46H,13,16,18-19H2,1-7H3,(H,38,42)/t27-,34?/m0/s1. The fourth-order valence-electron chi connectivity index (χ4n) is 5.41. The second kappa shape index (κ2) is 15.2. The van der Waals surface area contributed by atoms with Crippen molar-refractivity contribution in [1.29, 1.82) is 0 Å². The summed E-state index contributed by atoms with van der Waals surface area (Å²) in [5.41, 5.74) is 1.48. The zero-order valence-electron chi connectivity index (χ0n) is 28.2. The van der Waals surface area contributed by atoms with Crippen molar-refractivity contribution in [1.82, 2.24) is 19.4 Å². The zero-order valence-corrected chi connectivity index (χ0v) is 29.7. The van der Waals surface area contributed by atoms with Crippen LogP contribution in [0.3, 0.4) is 0 Å². The highest BCUT2D eigenvalue weighted by atomic mass is 35.5. The minimum atomic E-state index is -1.13. The van der Waals surface area contributed by atoms with Gasteiger partial charge < -0.3 is 19.9 Å². The number of nitrogens with one attached hydrogen (secondary N) is 1. The molecule has 3 aromatic rings. The van der Waals surface area contributed by atoms with E-state index in [1.165, 1.54) is 16.7 Å². The van der Waals surface area contributed by atoms with E-state index in [0.29, 0.717) is 41.9 Å². The molecule has 0 saturated heterocycles. The van der Waals surface area contributed by atoms with Crippen molar-refractivity contribution < 1.29 is 24.2 Å². The summed E-state index contributed by atoms with van der Waals surface area (Å²) in [6, 6.07) is 10.2. The topological polar surface area (TPSA) is 132 Å². The van der Waals surface area contributed by atoms with Crippen molar-refractivity contribution in [3.05, 3.63) is 101 Å². The van der Waals surface area contributed by atoms with Gasteiger partial charge in [0.25, 0.3) is 11.5 Å². The van der Waals surface area contributed by atoms with E-state index in [-0.39, 0.29) is 22.0 Å². The Morgan fingerprint density at radius 1 is 1.04 bits per heavy atom. The number of carbonyl (C=O) groups is 2. The Labute approximate surface area is 289 Å². The van der Waals surface area contributed by atoms with Gasteiger partial charge in [-0.25, -0.2) is 14.2 Å². The summed E-state index contributed by atoms with van der Waals surface area (Å²) in [6.07, 6.45) is 1.39. The molecule has 0 bridgehead atoms. The van der Waals surface area contributed by atoms with Gasteiger partial charge >= 0.3 is 11.7 Å². The maximum absolute atomic E-state index is 13.8. The Balaban J connectivity index is 1.61. The molecule has 1 aliphatic rings. The first kappa shape index (κ1) is 37.1. The molecule has 13 heteroatoms. The first-order chi connectivity index (χ1) is 22.5. The van der Waals surface area contributed by atoms with Crippen LogP contribution in [-0.2, 0) is 34.2 Å². The molecule has 1 amide bonds. The molecule has 48 heavy (non-hydrogen) atoms. The molecule has 4 rings (SSSR count). The van der Waals surface area contributed by atoms with Crippen LogP contribution in [0.15, 0.2) is 57.6 Å². The number of aliphatic hydroxyl groups excluding tert-OH is 1. The maximum Gasteiger partial charge on any atom is 0.335 e. The highest BCUT2D eigenvalue weighted by molar-refractivity contribution is 6.39.